The van der Waals surface area contributed by atoms with E-state index in [0.717, 1.165) is 14.9 Å². The third kappa shape index (κ3) is 1.54. The van der Waals surface area contributed by atoms with Crippen molar-refractivity contribution in [1.82, 2.24) is 14.6 Å². The lowest BCUT2D eigenvalue weighted by Gasteiger charge is -1.91. The van der Waals surface area contributed by atoms with Crippen molar-refractivity contribution in [1.29, 1.82) is 0 Å². The predicted octanol–water partition coefficient (Wildman–Crippen LogP) is 2.69. The molecule has 16 heavy (non-hydrogen) atoms. The topological polar surface area (TPSA) is 56.2 Å². The summed E-state index contributed by atoms with van der Waals surface area (Å²) in [7, 11) is 0. The van der Waals surface area contributed by atoms with Crippen molar-refractivity contribution in [2.24, 2.45) is 0 Å². The fourth-order valence-electron chi connectivity index (χ4n) is 1.44. The van der Waals surface area contributed by atoms with Crippen molar-refractivity contribution in [2.45, 2.75) is 0 Å². The van der Waals surface area contributed by atoms with Gasteiger partial charge in [0.1, 0.15) is 0 Å². The van der Waals surface area contributed by atoms with Crippen LogP contribution in [0.4, 0.5) is 5.69 Å². The maximum absolute atomic E-state index is 5.87. The minimum atomic E-state index is 0.669. The van der Waals surface area contributed by atoms with E-state index in [9.17, 15) is 0 Å². The van der Waals surface area contributed by atoms with Gasteiger partial charge in [-0.1, -0.05) is 11.6 Å². The molecule has 0 spiro atoms. The van der Waals surface area contributed by atoms with Crippen LogP contribution in [0.15, 0.2) is 30.5 Å². The summed E-state index contributed by atoms with van der Waals surface area (Å²) >= 11 is 7.33. The maximum Gasteiger partial charge on any atom is 0.192 e. The predicted molar refractivity (Wildman–Crippen MR) is 65.7 cm³/mol. The first-order chi connectivity index (χ1) is 7.72. The van der Waals surface area contributed by atoms with E-state index in [4.69, 9.17) is 17.3 Å². The number of hydrogen-bond acceptors (Lipinski definition) is 4. The molecule has 0 saturated carbocycles. The molecule has 80 valence electrons. The van der Waals surface area contributed by atoms with Gasteiger partial charge in [0.25, 0.3) is 0 Å². The number of fused-ring (bicyclic) bond motifs is 1. The highest BCUT2D eigenvalue weighted by molar-refractivity contribution is 7.19. The number of nitrogens with zero attached hydrogens (tertiary/aromatic N) is 3. The molecule has 0 saturated heterocycles. The first-order valence-corrected chi connectivity index (χ1v) is 5.79. The lowest BCUT2D eigenvalue weighted by Crippen LogP contribution is -1.89. The Balaban J connectivity index is 2.18. The van der Waals surface area contributed by atoms with Crippen LogP contribution in [0.2, 0.25) is 4.34 Å². The lowest BCUT2D eigenvalue weighted by molar-refractivity contribution is 0.968. The number of pyridine rings is 1. The molecular weight excluding hydrogens is 244 g/mol. The van der Waals surface area contributed by atoms with Crippen molar-refractivity contribution in [3.63, 3.8) is 0 Å². The van der Waals surface area contributed by atoms with E-state index in [-0.39, 0.29) is 0 Å². The molecule has 3 aromatic heterocycles. The fraction of sp³-hybridized carbons (Fsp3) is 0. The molecule has 0 aliphatic heterocycles. The molecule has 0 atom stereocenters. The molecular formula is C10H7ClN4S. The summed E-state index contributed by atoms with van der Waals surface area (Å²) in [4.78, 5) is 5.33. The normalized spacial score (nSPS) is 11.1. The Morgan fingerprint density at radius 2 is 2.19 bits per heavy atom. The quantitative estimate of drug-likeness (QED) is 0.722. The third-order valence-corrected chi connectivity index (χ3v) is 3.38. The second-order valence-corrected chi connectivity index (χ2v) is 5.02. The molecule has 6 heteroatoms. The zero-order valence-electron chi connectivity index (χ0n) is 8.09. The second kappa shape index (κ2) is 3.47. The molecule has 0 bridgehead atoms. The van der Waals surface area contributed by atoms with Gasteiger partial charge in [0.05, 0.1) is 9.21 Å². The van der Waals surface area contributed by atoms with Gasteiger partial charge in [-0.2, -0.15) is 0 Å². The number of anilines is 1. The molecule has 0 aromatic carbocycles. The molecule has 2 N–H and O–H groups in total. The van der Waals surface area contributed by atoms with E-state index in [1.165, 1.54) is 11.3 Å². The van der Waals surface area contributed by atoms with Crippen LogP contribution in [0.1, 0.15) is 0 Å². The van der Waals surface area contributed by atoms with Gasteiger partial charge in [0.2, 0.25) is 0 Å². The van der Waals surface area contributed by atoms with Crippen LogP contribution < -0.4 is 5.73 Å². The summed E-state index contributed by atoms with van der Waals surface area (Å²) in [6, 6.07) is 7.31. The minimum absolute atomic E-state index is 0.669. The van der Waals surface area contributed by atoms with Crippen LogP contribution in [0.5, 0.6) is 0 Å². The standard InChI is InChI=1S/C10H7ClN4S/c11-8-2-1-7(16-8)10-13-9-5-6(12)3-4-15(9)14-10/h1-5H,12H2. The van der Waals surface area contributed by atoms with Gasteiger partial charge in [-0.3, -0.25) is 0 Å². The number of rotatable bonds is 1. The first kappa shape index (κ1) is 9.62. The van der Waals surface area contributed by atoms with E-state index in [0.29, 0.717) is 11.5 Å². The monoisotopic (exact) mass is 250 g/mol. The summed E-state index contributed by atoms with van der Waals surface area (Å²) in [5, 5.41) is 4.34. The molecule has 0 aliphatic carbocycles. The van der Waals surface area contributed by atoms with Crippen LogP contribution >= 0.6 is 22.9 Å². The number of aromatic nitrogens is 3. The van der Waals surface area contributed by atoms with Crippen molar-refractivity contribution < 1.29 is 0 Å². The van der Waals surface area contributed by atoms with Gasteiger partial charge in [-0.25, -0.2) is 9.50 Å². The fourth-order valence-corrected chi connectivity index (χ4v) is 2.41. The van der Waals surface area contributed by atoms with Crippen LogP contribution in [0, 0.1) is 0 Å². The molecule has 3 rings (SSSR count). The van der Waals surface area contributed by atoms with E-state index in [1.807, 2.05) is 12.1 Å². The molecule has 3 aromatic rings. The van der Waals surface area contributed by atoms with Gasteiger partial charge in [0.15, 0.2) is 11.5 Å². The Hall–Kier alpha value is -1.59. The van der Waals surface area contributed by atoms with Crippen LogP contribution in [-0.2, 0) is 0 Å². The van der Waals surface area contributed by atoms with Crippen LogP contribution in [0.25, 0.3) is 16.3 Å². The van der Waals surface area contributed by atoms with Gasteiger partial charge in [0, 0.05) is 18.0 Å². The van der Waals surface area contributed by atoms with Crippen molar-refractivity contribution >= 4 is 34.3 Å². The first-order valence-electron chi connectivity index (χ1n) is 4.60. The van der Waals surface area contributed by atoms with Crippen LogP contribution in [-0.4, -0.2) is 14.6 Å². The number of halogens is 1. The Bertz CT molecular complexity index is 658. The number of hydrogen-bond donors (Lipinski definition) is 1. The molecule has 0 unspecified atom stereocenters. The third-order valence-electron chi connectivity index (χ3n) is 2.16. The highest BCUT2D eigenvalue weighted by Gasteiger charge is 2.08. The highest BCUT2D eigenvalue weighted by Crippen LogP contribution is 2.29. The Kier molecular flexibility index (Phi) is 2.08. The van der Waals surface area contributed by atoms with Crippen molar-refractivity contribution in [3.8, 4) is 10.7 Å². The second-order valence-electron chi connectivity index (χ2n) is 3.30. The Morgan fingerprint density at radius 3 is 2.94 bits per heavy atom. The summed E-state index contributed by atoms with van der Waals surface area (Å²) in [6.45, 7) is 0. The highest BCUT2D eigenvalue weighted by atomic mass is 35.5. The maximum atomic E-state index is 5.87. The SMILES string of the molecule is Nc1ccn2nc(-c3ccc(Cl)s3)nc2c1. The van der Waals surface area contributed by atoms with E-state index in [1.54, 1.807) is 22.8 Å². The molecule has 0 fully saturated rings. The molecule has 0 radical (unpaired) electrons. The van der Waals surface area contributed by atoms with Gasteiger partial charge in [-0.15, -0.1) is 16.4 Å². The summed E-state index contributed by atoms with van der Waals surface area (Å²) in [5.74, 6) is 0.669. The summed E-state index contributed by atoms with van der Waals surface area (Å²) < 4.78 is 2.42. The zero-order valence-corrected chi connectivity index (χ0v) is 9.66. The van der Waals surface area contributed by atoms with Gasteiger partial charge >= 0.3 is 0 Å². The molecule has 0 aliphatic rings. The number of nitrogen functional groups attached to an aromatic ring is 1. The average molecular weight is 251 g/mol. The van der Waals surface area contributed by atoms with Crippen molar-refractivity contribution in [2.75, 3.05) is 5.73 Å². The Labute approximate surface area is 100 Å². The molecule has 0 amide bonds. The van der Waals surface area contributed by atoms with Crippen molar-refractivity contribution in [3.05, 3.63) is 34.8 Å². The number of nitrogens with two attached hydrogens (primary N) is 1. The van der Waals surface area contributed by atoms with E-state index in [2.05, 4.69) is 10.1 Å². The molecule has 3 heterocycles. The smallest absolute Gasteiger partial charge is 0.192 e. The largest absolute Gasteiger partial charge is 0.399 e. The lowest BCUT2D eigenvalue weighted by atomic mass is 10.4. The summed E-state index contributed by atoms with van der Waals surface area (Å²) in [5.41, 5.74) is 7.09. The zero-order chi connectivity index (χ0) is 11.1. The van der Waals surface area contributed by atoms with E-state index >= 15 is 0 Å². The Morgan fingerprint density at radius 1 is 1.31 bits per heavy atom. The molecule has 4 nitrogen and oxygen atoms in total. The minimum Gasteiger partial charge on any atom is -0.399 e. The van der Waals surface area contributed by atoms with Gasteiger partial charge in [-0.05, 0) is 18.2 Å². The summed E-state index contributed by atoms with van der Waals surface area (Å²) in [6.07, 6.45) is 1.79. The van der Waals surface area contributed by atoms with Gasteiger partial charge < -0.3 is 5.73 Å². The van der Waals surface area contributed by atoms with E-state index < -0.39 is 0 Å². The number of thiophene rings is 1. The average Bonchev–Trinajstić information content (AvgIpc) is 2.83. The van der Waals surface area contributed by atoms with Crippen LogP contribution in [0.3, 0.4) is 0 Å².